The highest BCUT2D eigenvalue weighted by Crippen LogP contribution is 2.22. The lowest BCUT2D eigenvalue weighted by atomic mass is 10.1. The summed E-state index contributed by atoms with van der Waals surface area (Å²) in [7, 11) is 1.63. The van der Waals surface area contributed by atoms with E-state index in [1.165, 1.54) is 19.3 Å². The molecule has 4 nitrogen and oxygen atoms in total. The molecule has 0 aliphatic carbocycles. The van der Waals surface area contributed by atoms with Crippen LogP contribution in [-0.4, -0.2) is 37.6 Å². The van der Waals surface area contributed by atoms with Gasteiger partial charge in [-0.25, -0.2) is 0 Å². The number of benzene rings is 1. The molecule has 1 aliphatic heterocycles. The summed E-state index contributed by atoms with van der Waals surface area (Å²) in [4.78, 5) is 6.62. The molecule has 1 aromatic rings. The van der Waals surface area contributed by atoms with Crippen LogP contribution in [0.3, 0.4) is 0 Å². The molecule has 6 heteroatoms. The maximum atomic E-state index is 6.20. The number of piperidine rings is 1. The number of hydrogen-bond donors (Lipinski definition) is 1. The van der Waals surface area contributed by atoms with Gasteiger partial charge in [-0.15, -0.1) is 24.0 Å². The smallest absolute Gasteiger partial charge is 0.191 e. The number of halogens is 2. The molecule has 1 fully saturated rings. The van der Waals surface area contributed by atoms with E-state index in [0.29, 0.717) is 12.5 Å². The summed E-state index contributed by atoms with van der Waals surface area (Å²) >= 11 is 6.20. The van der Waals surface area contributed by atoms with Crippen LogP contribution in [0, 0.1) is 0 Å². The zero-order valence-electron chi connectivity index (χ0n) is 12.3. The first-order chi connectivity index (χ1) is 9.70. The second-order valence-corrected chi connectivity index (χ2v) is 5.40. The number of hydrogen-bond acceptors (Lipinski definition) is 2. The van der Waals surface area contributed by atoms with Crippen LogP contribution in [0.2, 0.25) is 5.02 Å². The summed E-state index contributed by atoms with van der Waals surface area (Å²) in [5.74, 6) is 1.43. The molecule has 1 saturated heterocycles. The van der Waals surface area contributed by atoms with Crippen LogP contribution in [0.25, 0.3) is 0 Å². The number of aliphatic imine (C=N–C) groups is 1. The van der Waals surface area contributed by atoms with Crippen molar-refractivity contribution in [1.29, 1.82) is 0 Å². The fourth-order valence-corrected chi connectivity index (χ4v) is 2.64. The highest BCUT2D eigenvalue weighted by atomic mass is 127. The lowest BCUT2D eigenvalue weighted by Crippen LogP contribution is -2.41. The van der Waals surface area contributed by atoms with Crippen molar-refractivity contribution in [2.45, 2.75) is 25.7 Å². The third kappa shape index (κ3) is 5.54. The van der Waals surface area contributed by atoms with Gasteiger partial charge >= 0.3 is 0 Å². The molecule has 0 saturated carbocycles. The molecule has 0 atom stereocenters. The van der Waals surface area contributed by atoms with Crippen molar-refractivity contribution in [2.75, 3.05) is 26.7 Å². The van der Waals surface area contributed by atoms with E-state index in [-0.39, 0.29) is 24.0 Å². The van der Waals surface area contributed by atoms with E-state index >= 15 is 0 Å². The summed E-state index contributed by atoms with van der Waals surface area (Å²) in [6.45, 7) is 2.71. The first-order valence-electron chi connectivity index (χ1n) is 7.08. The summed E-state index contributed by atoms with van der Waals surface area (Å²) < 4.78 is 5.13. The Hall–Kier alpha value is -0.690. The molecule has 2 N–H and O–H groups in total. The maximum Gasteiger partial charge on any atom is 0.191 e. The molecule has 1 heterocycles. The topological polar surface area (TPSA) is 50.9 Å². The molecular weight excluding hydrogens is 401 g/mol. The second-order valence-electron chi connectivity index (χ2n) is 4.99. The fourth-order valence-electron chi connectivity index (χ4n) is 2.37. The lowest BCUT2D eigenvalue weighted by Gasteiger charge is -2.27. The highest BCUT2D eigenvalue weighted by molar-refractivity contribution is 14.0. The lowest BCUT2D eigenvalue weighted by molar-refractivity contribution is 0.338. The minimum absolute atomic E-state index is 0. The van der Waals surface area contributed by atoms with Gasteiger partial charge in [0.05, 0.1) is 7.11 Å². The van der Waals surface area contributed by atoms with Gasteiger partial charge in [0.2, 0.25) is 0 Å². The Morgan fingerprint density at radius 2 is 2.05 bits per heavy atom. The van der Waals surface area contributed by atoms with Gasteiger partial charge in [-0.1, -0.05) is 17.7 Å². The standard InChI is InChI=1S/C15H22ClN3O.HI/c1-20-13-6-5-12(14(16)11-13)7-8-18-15(17)19-9-3-2-4-10-19;/h5-6,11H,2-4,7-10H2,1H3,(H2,17,18);1H. The molecule has 0 spiro atoms. The summed E-state index contributed by atoms with van der Waals surface area (Å²) in [5, 5.41) is 0.719. The van der Waals surface area contributed by atoms with Crippen LogP contribution in [0.1, 0.15) is 24.8 Å². The van der Waals surface area contributed by atoms with Crippen LogP contribution in [0.4, 0.5) is 0 Å². The predicted octanol–water partition coefficient (Wildman–Crippen LogP) is 3.31. The molecule has 0 aromatic heterocycles. The van der Waals surface area contributed by atoms with Crippen LogP contribution in [0.15, 0.2) is 23.2 Å². The Bertz CT molecular complexity index is 476. The zero-order valence-corrected chi connectivity index (χ0v) is 15.4. The van der Waals surface area contributed by atoms with Crippen LogP contribution in [-0.2, 0) is 6.42 Å². The SMILES string of the molecule is COc1ccc(CCN=C(N)N2CCCCC2)c(Cl)c1.I. The Kier molecular flexibility index (Phi) is 8.18. The maximum absolute atomic E-state index is 6.20. The van der Waals surface area contributed by atoms with E-state index in [4.69, 9.17) is 22.1 Å². The molecular formula is C15H23ClIN3O. The molecule has 21 heavy (non-hydrogen) atoms. The first kappa shape index (κ1) is 18.4. The number of nitrogens with two attached hydrogens (primary N) is 1. The van der Waals surface area contributed by atoms with Crippen molar-refractivity contribution in [3.05, 3.63) is 28.8 Å². The number of ether oxygens (including phenoxy) is 1. The Balaban J connectivity index is 0.00000220. The number of nitrogens with zero attached hydrogens (tertiary/aromatic N) is 2. The van der Waals surface area contributed by atoms with E-state index in [1.54, 1.807) is 7.11 Å². The summed E-state index contributed by atoms with van der Waals surface area (Å²) in [6.07, 6.45) is 4.50. The second kappa shape index (κ2) is 9.35. The quantitative estimate of drug-likeness (QED) is 0.459. The average Bonchev–Trinajstić information content (AvgIpc) is 2.49. The van der Waals surface area contributed by atoms with Crippen molar-refractivity contribution in [1.82, 2.24) is 4.90 Å². The van der Waals surface area contributed by atoms with Gasteiger partial charge in [-0.05, 0) is 43.4 Å². The Morgan fingerprint density at radius 3 is 2.67 bits per heavy atom. The monoisotopic (exact) mass is 423 g/mol. The van der Waals surface area contributed by atoms with Crippen LogP contribution >= 0.6 is 35.6 Å². The van der Waals surface area contributed by atoms with Gasteiger partial charge in [-0.2, -0.15) is 0 Å². The van der Waals surface area contributed by atoms with Crippen LogP contribution in [0.5, 0.6) is 5.75 Å². The molecule has 0 radical (unpaired) electrons. The fraction of sp³-hybridized carbons (Fsp3) is 0.533. The molecule has 1 aromatic carbocycles. The molecule has 0 amide bonds. The Morgan fingerprint density at radius 1 is 1.33 bits per heavy atom. The number of methoxy groups -OCH3 is 1. The first-order valence-corrected chi connectivity index (χ1v) is 7.46. The van der Waals surface area contributed by atoms with E-state index < -0.39 is 0 Å². The van der Waals surface area contributed by atoms with E-state index in [1.807, 2.05) is 18.2 Å². The minimum atomic E-state index is 0. The van der Waals surface area contributed by atoms with Gasteiger partial charge in [0.15, 0.2) is 5.96 Å². The average molecular weight is 424 g/mol. The van der Waals surface area contributed by atoms with Gasteiger partial charge < -0.3 is 15.4 Å². The van der Waals surface area contributed by atoms with Gasteiger partial charge in [-0.3, -0.25) is 4.99 Å². The third-order valence-corrected chi connectivity index (χ3v) is 3.95. The van der Waals surface area contributed by atoms with Gasteiger partial charge in [0, 0.05) is 24.7 Å². The molecule has 0 unspecified atom stereocenters. The molecule has 1 aliphatic rings. The van der Waals surface area contributed by atoms with Crippen molar-refractivity contribution in [2.24, 2.45) is 10.7 Å². The summed E-state index contributed by atoms with van der Waals surface area (Å²) in [6, 6.07) is 5.72. The van der Waals surface area contributed by atoms with Crippen molar-refractivity contribution < 1.29 is 4.74 Å². The zero-order chi connectivity index (χ0) is 14.4. The van der Waals surface area contributed by atoms with E-state index in [2.05, 4.69) is 9.89 Å². The predicted molar refractivity (Wildman–Crippen MR) is 99.0 cm³/mol. The number of rotatable bonds is 4. The Labute approximate surface area is 148 Å². The largest absolute Gasteiger partial charge is 0.497 e. The van der Waals surface area contributed by atoms with Crippen molar-refractivity contribution in [3.8, 4) is 5.75 Å². The molecule has 118 valence electrons. The van der Waals surface area contributed by atoms with E-state index in [9.17, 15) is 0 Å². The molecule has 0 bridgehead atoms. The van der Waals surface area contributed by atoms with E-state index in [0.717, 1.165) is 35.8 Å². The van der Waals surface area contributed by atoms with Crippen molar-refractivity contribution >= 4 is 41.5 Å². The van der Waals surface area contributed by atoms with Crippen LogP contribution < -0.4 is 10.5 Å². The minimum Gasteiger partial charge on any atom is -0.497 e. The third-order valence-electron chi connectivity index (χ3n) is 3.60. The number of guanidine groups is 1. The highest BCUT2D eigenvalue weighted by Gasteiger charge is 2.11. The number of likely N-dealkylation sites (tertiary alicyclic amines) is 1. The summed E-state index contributed by atoms with van der Waals surface area (Å²) in [5.41, 5.74) is 7.09. The van der Waals surface area contributed by atoms with Gasteiger partial charge in [0.25, 0.3) is 0 Å². The normalized spacial score (nSPS) is 15.5. The molecule has 2 rings (SSSR count). The van der Waals surface area contributed by atoms with Crippen molar-refractivity contribution in [3.63, 3.8) is 0 Å². The van der Waals surface area contributed by atoms with Gasteiger partial charge in [0.1, 0.15) is 5.75 Å².